The van der Waals surface area contributed by atoms with Crippen molar-refractivity contribution in [2.45, 2.75) is 31.7 Å². The Labute approximate surface area is 98.5 Å². The fourth-order valence-corrected chi connectivity index (χ4v) is 3.76. The van der Waals surface area contributed by atoms with Crippen molar-refractivity contribution in [2.75, 3.05) is 39.4 Å². The number of hydrogen-bond donors (Lipinski definition) is 1. The van der Waals surface area contributed by atoms with Crippen molar-refractivity contribution in [2.24, 2.45) is 11.8 Å². The highest BCUT2D eigenvalue weighted by atomic mass is 16.5. The van der Waals surface area contributed by atoms with Gasteiger partial charge < -0.3 is 10.1 Å². The van der Waals surface area contributed by atoms with Gasteiger partial charge >= 0.3 is 0 Å². The molecule has 3 rings (SSSR count). The fourth-order valence-electron chi connectivity index (χ4n) is 3.76. The summed E-state index contributed by atoms with van der Waals surface area (Å²) in [5.74, 6) is 1.97. The number of hydrogen-bond acceptors (Lipinski definition) is 3. The number of nitrogens with one attached hydrogen (secondary N) is 1. The van der Waals surface area contributed by atoms with Crippen LogP contribution in [0, 0.1) is 11.8 Å². The second-order valence-electron chi connectivity index (χ2n) is 5.64. The Morgan fingerprint density at radius 3 is 3.12 bits per heavy atom. The molecule has 2 heterocycles. The fraction of sp³-hybridized carbons (Fsp3) is 1.00. The molecule has 3 nitrogen and oxygen atoms in total. The third-order valence-electron chi connectivity index (χ3n) is 4.65. The summed E-state index contributed by atoms with van der Waals surface area (Å²) in [7, 11) is 0. The zero-order valence-electron chi connectivity index (χ0n) is 10.2. The lowest BCUT2D eigenvalue weighted by Crippen LogP contribution is -2.41. The highest BCUT2D eigenvalue weighted by Gasteiger charge is 2.39. The Morgan fingerprint density at radius 1 is 1.12 bits per heavy atom. The van der Waals surface area contributed by atoms with Crippen molar-refractivity contribution >= 4 is 0 Å². The van der Waals surface area contributed by atoms with Gasteiger partial charge in [0, 0.05) is 32.3 Å². The van der Waals surface area contributed by atoms with Crippen LogP contribution in [0.1, 0.15) is 25.7 Å². The van der Waals surface area contributed by atoms with Gasteiger partial charge in [-0.2, -0.15) is 0 Å². The van der Waals surface area contributed by atoms with E-state index in [-0.39, 0.29) is 0 Å². The molecule has 2 aliphatic heterocycles. The number of ether oxygens (including phenoxy) is 1. The van der Waals surface area contributed by atoms with Gasteiger partial charge in [-0.3, -0.25) is 4.90 Å². The third kappa shape index (κ3) is 2.27. The van der Waals surface area contributed by atoms with E-state index in [2.05, 4.69) is 10.2 Å². The predicted octanol–water partition coefficient (Wildman–Crippen LogP) is 1.10. The largest absolute Gasteiger partial charge is 0.380 e. The maximum Gasteiger partial charge on any atom is 0.0593 e. The minimum Gasteiger partial charge on any atom is -0.380 e. The highest BCUT2D eigenvalue weighted by Crippen LogP contribution is 2.37. The lowest BCUT2D eigenvalue weighted by atomic mass is 9.94. The van der Waals surface area contributed by atoms with E-state index in [1.807, 2.05) is 0 Å². The average Bonchev–Trinajstić information content (AvgIpc) is 2.78. The van der Waals surface area contributed by atoms with E-state index in [0.29, 0.717) is 0 Å². The molecule has 0 radical (unpaired) electrons. The molecule has 0 amide bonds. The first-order valence-electron chi connectivity index (χ1n) is 6.97. The second-order valence-corrected chi connectivity index (χ2v) is 5.64. The van der Waals surface area contributed by atoms with Gasteiger partial charge in [0.1, 0.15) is 0 Å². The average molecular weight is 224 g/mol. The molecule has 1 aliphatic carbocycles. The van der Waals surface area contributed by atoms with Crippen LogP contribution in [0.5, 0.6) is 0 Å². The Kier molecular flexibility index (Phi) is 3.46. The van der Waals surface area contributed by atoms with Gasteiger partial charge in [-0.15, -0.1) is 0 Å². The van der Waals surface area contributed by atoms with Gasteiger partial charge in [0.15, 0.2) is 0 Å². The topological polar surface area (TPSA) is 24.5 Å². The molecule has 16 heavy (non-hydrogen) atoms. The van der Waals surface area contributed by atoms with Crippen LogP contribution >= 0.6 is 0 Å². The zero-order chi connectivity index (χ0) is 10.8. The highest BCUT2D eigenvalue weighted by molar-refractivity contribution is 4.95. The van der Waals surface area contributed by atoms with Crippen LogP contribution in [-0.4, -0.2) is 50.3 Å². The van der Waals surface area contributed by atoms with Crippen molar-refractivity contribution in [3.8, 4) is 0 Å². The summed E-state index contributed by atoms with van der Waals surface area (Å²) in [4.78, 5) is 2.60. The SMILES string of the molecule is C1CC2CNC(CN3CCCOCC3)C2C1. The zero-order valence-corrected chi connectivity index (χ0v) is 10.2. The van der Waals surface area contributed by atoms with Crippen molar-refractivity contribution in [3.63, 3.8) is 0 Å². The van der Waals surface area contributed by atoms with Crippen molar-refractivity contribution in [1.82, 2.24) is 10.2 Å². The van der Waals surface area contributed by atoms with Gasteiger partial charge in [-0.05, 0) is 37.6 Å². The Balaban J connectivity index is 1.53. The van der Waals surface area contributed by atoms with Crippen LogP contribution in [0.15, 0.2) is 0 Å². The number of fused-ring (bicyclic) bond motifs is 1. The molecular formula is C13H24N2O. The maximum absolute atomic E-state index is 5.51. The van der Waals surface area contributed by atoms with Crippen molar-refractivity contribution < 1.29 is 4.74 Å². The van der Waals surface area contributed by atoms with Crippen LogP contribution in [-0.2, 0) is 4.74 Å². The molecule has 0 aromatic rings. The summed E-state index contributed by atoms with van der Waals surface area (Å²) in [5, 5.41) is 3.74. The summed E-state index contributed by atoms with van der Waals surface area (Å²) in [5.41, 5.74) is 0. The molecule has 0 aromatic heterocycles. The minimum atomic E-state index is 0.769. The Morgan fingerprint density at radius 2 is 2.12 bits per heavy atom. The van der Waals surface area contributed by atoms with E-state index < -0.39 is 0 Å². The Bertz CT molecular complexity index is 226. The lowest BCUT2D eigenvalue weighted by Gasteiger charge is -2.26. The van der Waals surface area contributed by atoms with Crippen LogP contribution in [0.3, 0.4) is 0 Å². The normalized spacial score (nSPS) is 40.9. The molecule has 3 aliphatic rings. The van der Waals surface area contributed by atoms with E-state index in [1.165, 1.54) is 45.3 Å². The van der Waals surface area contributed by atoms with Crippen molar-refractivity contribution in [3.05, 3.63) is 0 Å². The van der Waals surface area contributed by atoms with Gasteiger partial charge in [0.25, 0.3) is 0 Å². The molecule has 92 valence electrons. The van der Waals surface area contributed by atoms with Crippen LogP contribution < -0.4 is 5.32 Å². The molecule has 3 unspecified atom stereocenters. The van der Waals surface area contributed by atoms with Crippen LogP contribution in [0.4, 0.5) is 0 Å². The van der Waals surface area contributed by atoms with Gasteiger partial charge in [-0.1, -0.05) is 6.42 Å². The quantitative estimate of drug-likeness (QED) is 0.760. The van der Waals surface area contributed by atoms with Crippen LogP contribution in [0.25, 0.3) is 0 Å². The molecule has 1 N–H and O–H groups in total. The Hall–Kier alpha value is -0.120. The summed E-state index contributed by atoms with van der Waals surface area (Å²) < 4.78 is 5.51. The maximum atomic E-state index is 5.51. The molecule has 3 heteroatoms. The monoisotopic (exact) mass is 224 g/mol. The van der Waals surface area contributed by atoms with E-state index >= 15 is 0 Å². The molecule has 2 saturated heterocycles. The van der Waals surface area contributed by atoms with E-state index in [1.54, 1.807) is 0 Å². The molecule has 3 atom stereocenters. The standard InChI is InChI=1S/C13H24N2O/c1-3-11-9-14-13(12(11)4-1)10-15-5-2-7-16-8-6-15/h11-14H,1-10H2. The van der Waals surface area contributed by atoms with Gasteiger partial charge in [-0.25, -0.2) is 0 Å². The predicted molar refractivity (Wildman–Crippen MR) is 64.5 cm³/mol. The molecule has 3 fully saturated rings. The summed E-state index contributed by atoms with van der Waals surface area (Å²) in [6, 6.07) is 0.769. The summed E-state index contributed by atoms with van der Waals surface area (Å²) in [6.07, 6.45) is 5.61. The molecular weight excluding hydrogens is 200 g/mol. The second kappa shape index (κ2) is 5.03. The molecule has 0 spiro atoms. The van der Waals surface area contributed by atoms with Gasteiger partial charge in [0.05, 0.1) is 6.61 Å². The lowest BCUT2D eigenvalue weighted by molar-refractivity contribution is 0.138. The first-order chi connectivity index (χ1) is 7.93. The molecule has 1 saturated carbocycles. The molecule has 0 aromatic carbocycles. The van der Waals surface area contributed by atoms with Gasteiger partial charge in [0.2, 0.25) is 0 Å². The minimum absolute atomic E-state index is 0.769. The van der Waals surface area contributed by atoms with Crippen molar-refractivity contribution in [1.29, 1.82) is 0 Å². The van der Waals surface area contributed by atoms with E-state index in [9.17, 15) is 0 Å². The summed E-state index contributed by atoms with van der Waals surface area (Å²) >= 11 is 0. The first kappa shape index (κ1) is 11.0. The first-order valence-corrected chi connectivity index (χ1v) is 6.97. The smallest absolute Gasteiger partial charge is 0.0593 e. The third-order valence-corrected chi connectivity index (χ3v) is 4.65. The summed E-state index contributed by atoms with van der Waals surface area (Å²) in [6.45, 7) is 6.79. The molecule has 0 bridgehead atoms. The van der Waals surface area contributed by atoms with Crippen LogP contribution in [0.2, 0.25) is 0 Å². The number of rotatable bonds is 2. The van der Waals surface area contributed by atoms with E-state index in [0.717, 1.165) is 37.6 Å². The number of nitrogens with zero attached hydrogens (tertiary/aromatic N) is 1. The van der Waals surface area contributed by atoms with E-state index in [4.69, 9.17) is 4.74 Å².